The number of rotatable bonds is 7. The predicted octanol–water partition coefficient (Wildman–Crippen LogP) is 3.72. The second kappa shape index (κ2) is 7.51. The highest BCUT2D eigenvalue weighted by Gasteiger charge is 2.18. The van der Waals surface area contributed by atoms with E-state index >= 15 is 0 Å². The molecule has 0 aliphatic heterocycles. The van der Waals surface area contributed by atoms with E-state index in [1.165, 1.54) is 0 Å². The van der Waals surface area contributed by atoms with Gasteiger partial charge in [0, 0.05) is 31.0 Å². The number of hydrogen-bond donors (Lipinski definition) is 0. The second-order valence-electron chi connectivity index (χ2n) is 4.63. The molecule has 1 aromatic rings. The molecule has 0 N–H and O–H groups in total. The van der Waals surface area contributed by atoms with Crippen LogP contribution in [0.3, 0.4) is 0 Å². The summed E-state index contributed by atoms with van der Waals surface area (Å²) >= 11 is 9.94. The van der Waals surface area contributed by atoms with Crippen LogP contribution in [0.2, 0.25) is 5.02 Å². The zero-order valence-electron chi connectivity index (χ0n) is 11.7. The molecule has 0 unspecified atom stereocenters. The van der Waals surface area contributed by atoms with Crippen LogP contribution in [0, 0.1) is 0 Å². The Bertz CT molecular complexity index is 377. The molecule has 0 radical (unpaired) electrons. The topological polar surface area (TPSA) is 21.1 Å². The molecule has 1 heterocycles. The first kappa shape index (κ1) is 16.0. The van der Waals surface area contributed by atoms with Crippen LogP contribution in [-0.4, -0.2) is 32.6 Å². The summed E-state index contributed by atoms with van der Waals surface area (Å²) in [6.45, 7) is 11.4. The third-order valence-corrected chi connectivity index (χ3v) is 3.94. The highest BCUT2D eigenvalue weighted by Crippen LogP contribution is 2.23. The van der Waals surface area contributed by atoms with Gasteiger partial charge in [0.2, 0.25) is 0 Å². The van der Waals surface area contributed by atoms with Crippen molar-refractivity contribution < 1.29 is 0 Å². The Balaban J connectivity index is 2.96. The van der Waals surface area contributed by atoms with Gasteiger partial charge < -0.3 is 0 Å². The van der Waals surface area contributed by atoms with E-state index in [2.05, 4.69) is 53.6 Å². The number of alkyl halides is 1. The van der Waals surface area contributed by atoms with Gasteiger partial charge in [-0.05, 0) is 27.2 Å². The maximum absolute atomic E-state index is 6.44. The lowest BCUT2D eigenvalue weighted by molar-refractivity contribution is 0.221. The van der Waals surface area contributed by atoms with E-state index in [-0.39, 0.29) is 0 Å². The quantitative estimate of drug-likeness (QED) is 0.708. The van der Waals surface area contributed by atoms with Crippen molar-refractivity contribution in [3.63, 3.8) is 0 Å². The summed E-state index contributed by atoms with van der Waals surface area (Å²) in [5.41, 5.74) is 2.15. The van der Waals surface area contributed by atoms with Crippen LogP contribution in [0.4, 0.5) is 0 Å². The second-order valence-corrected chi connectivity index (χ2v) is 5.80. The van der Waals surface area contributed by atoms with Crippen molar-refractivity contribution in [3.05, 3.63) is 16.4 Å². The Hall–Kier alpha value is -0.0600. The summed E-state index contributed by atoms with van der Waals surface area (Å²) in [5.74, 6) is 0. The molecule has 1 rings (SSSR count). The van der Waals surface area contributed by atoms with Crippen LogP contribution < -0.4 is 0 Å². The van der Waals surface area contributed by atoms with Crippen LogP contribution in [0.25, 0.3) is 0 Å². The maximum Gasteiger partial charge on any atom is 0.0863 e. The van der Waals surface area contributed by atoms with E-state index < -0.39 is 0 Å². The number of halogens is 2. The normalized spacial score (nSPS) is 11.8. The molecule has 0 spiro atoms. The van der Waals surface area contributed by atoms with E-state index in [9.17, 15) is 0 Å². The lowest BCUT2D eigenvalue weighted by Gasteiger charge is -2.25. The van der Waals surface area contributed by atoms with Crippen molar-refractivity contribution in [2.45, 2.75) is 53.2 Å². The molecule has 0 aliphatic carbocycles. The molecule has 1 aromatic heterocycles. The summed E-state index contributed by atoms with van der Waals surface area (Å²) in [6, 6.07) is 0.504. The molecule has 0 bridgehead atoms. The smallest absolute Gasteiger partial charge is 0.0863 e. The van der Waals surface area contributed by atoms with Crippen molar-refractivity contribution in [3.8, 4) is 0 Å². The van der Waals surface area contributed by atoms with Crippen molar-refractivity contribution in [2.75, 3.05) is 11.9 Å². The number of aryl methyl sites for hydroxylation is 2. The molecular formula is C13H23BrClN3. The number of hydrogen-bond acceptors (Lipinski definition) is 2. The predicted molar refractivity (Wildman–Crippen MR) is 81.6 cm³/mol. The Morgan fingerprint density at radius 3 is 2.50 bits per heavy atom. The first-order valence-corrected chi connectivity index (χ1v) is 8.09. The molecule has 5 heteroatoms. The van der Waals surface area contributed by atoms with Gasteiger partial charge in [-0.2, -0.15) is 5.10 Å². The molecule has 0 fully saturated rings. The highest BCUT2D eigenvalue weighted by atomic mass is 79.9. The van der Waals surface area contributed by atoms with Crippen LogP contribution in [0.1, 0.15) is 39.1 Å². The third kappa shape index (κ3) is 3.72. The average Bonchev–Trinajstić information content (AvgIpc) is 2.65. The van der Waals surface area contributed by atoms with Crippen LogP contribution in [0.15, 0.2) is 0 Å². The molecule has 3 nitrogen and oxygen atoms in total. The lowest BCUT2D eigenvalue weighted by Crippen LogP contribution is -2.33. The van der Waals surface area contributed by atoms with Gasteiger partial charge in [0.05, 0.1) is 16.4 Å². The molecule has 0 saturated carbocycles. The van der Waals surface area contributed by atoms with Crippen molar-refractivity contribution in [1.82, 2.24) is 14.7 Å². The van der Waals surface area contributed by atoms with Gasteiger partial charge in [0.25, 0.3) is 0 Å². The maximum atomic E-state index is 6.44. The van der Waals surface area contributed by atoms with Gasteiger partial charge in [0.1, 0.15) is 0 Å². The van der Waals surface area contributed by atoms with Gasteiger partial charge in [-0.25, -0.2) is 0 Å². The van der Waals surface area contributed by atoms with Gasteiger partial charge in [0.15, 0.2) is 0 Å². The first-order chi connectivity index (χ1) is 8.54. The van der Waals surface area contributed by atoms with Crippen molar-refractivity contribution in [1.29, 1.82) is 0 Å². The molecule has 104 valence electrons. The summed E-state index contributed by atoms with van der Waals surface area (Å²) in [7, 11) is 0. The summed E-state index contributed by atoms with van der Waals surface area (Å²) in [4.78, 5) is 2.41. The summed E-state index contributed by atoms with van der Waals surface area (Å²) in [6.07, 6.45) is 0.888. The minimum Gasteiger partial charge on any atom is -0.294 e. The molecule has 0 atom stereocenters. The number of nitrogens with zero attached hydrogens (tertiary/aromatic N) is 3. The Kier molecular flexibility index (Phi) is 6.67. The summed E-state index contributed by atoms with van der Waals surface area (Å²) < 4.78 is 2.03. The molecular weight excluding hydrogens is 314 g/mol. The SMILES string of the molecule is CCc1nn(CC)c(CN(CCBr)C(C)C)c1Cl. The van der Waals surface area contributed by atoms with Crippen LogP contribution >= 0.6 is 27.5 Å². The largest absolute Gasteiger partial charge is 0.294 e. The van der Waals surface area contributed by atoms with E-state index in [0.29, 0.717) is 6.04 Å². The third-order valence-electron chi connectivity index (χ3n) is 3.15. The molecule has 0 aromatic carbocycles. The van der Waals surface area contributed by atoms with E-state index in [1.807, 2.05) is 4.68 Å². The Morgan fingerprint density at radius 1 is 1.39 bits per heavy atom. The van der Waals surface area contributed by atoms with Crippen LogP contribution in [0.5, 0.6) is 0 Å². The first-order valence-electron chi connectivity index (χ1n) is 6.59. The van der Waals surface area contributed by atoms with Gasteiger partial charge in [-0.15, -0.1) is 0 Å². The fraction of sp³-hybridized carbons (Fsp3) is 0.769. The zero-order valence-corrected chi connectivity index (χ0v) is 14.1. The van der Waals surface area contributed by atoms with E-state index in [0.717, 1.165) is 47.8 Å². The zero-order chi connectivity index (χ0) is 13.7. The van der Waals surface area contributed by atoms with E-state index in [1.54, 1.807) is 0 Å². The fourth-order valence-corrected chi connectivity index (χ4v) is 2.77. The molecule has 18 heavy (non-hydrogen) atoms. The molecule has 0 amide bonds. The minimum absolute atomic E-state index is 0.504. The Labute approximate surface area is 124 Å². The molecule has 0 saturated heterocycles. The van der Waals surface area contributed by atoms with Crippen molar-refractivity contribution >= 4 is 27.5 Å². The lowest BCUT2D eigenvalue weighted by atomic mass is 10.2. The Morgan fingerprint density at radius 2 is 2.06 bits per heavy atom. The minimum atomic E-state index is 0.504. The van der Waals surface area contributed by atoms with Gasteiger partial charge >= 0.3 is 0 Å². The van der Waals surface area contributed by atoms with Gasteiger partial charge in [-0.1, -0.05) is 34.5 Å². The molecule has 0 aliphatic rings. The number of aromatic nitrogens is 2. The highest BCUT2D eigenvalue weighted by molar-refractivity contribution is 9.09. The monoisotopic (exact) mass is 335 g/mol. The average molecular weight is 337 g/mol. The summed E-state index contributed by atoms with van der Waals surface area (Å²) in [5, 5.41) is 6.39. The van der Waals surface area contributed by atoms with Crippen molar-refractivity contribution in [2.24, 2.45) is 0 Å². The van der Waals surface area contributed by atoms with Gasteiger partial charge in [-0.3, -0.25) is 9.58 Å². The fourth-order valence-electron chi connectivity index (χ4n) is 1.99. The standard InChI is InChI=1S/C13H23BrClN3/c1-5-11-13(15)12(18(6-2)16-11)9-17(8-7-14)10(3)4/h10H,5-9H2,1-4H3. The van der Waals surface area contributed by atoms with Crippen LogP contribution in [-0.2, 0) is 19.5 Å². The van der Waals surface area contributed by atoms with E-state index in [4.69, 9.17) is 11.6 Å².